The van der Waals surface area contributed by atoms with Crippen LogP contribution in [0.25, 0.3) is 17.1 Å². The number of rotatable bonds is 7. The van der Waals surface area contributed by atoms with Gasteiger partial charge in [-0.2, -0.15) is 0 Å². The lowest BCUT2D eigenvalue weighted by Crippen LogP contribution is -2.29. The molecule has 0 fully saturated rings. The van der Waals surface area contributed by atoms with Crippen molar-refractivity contribution in [2.75, 3.05) is 7.11 Å². The summed E-state index contributed by atoms with van der Waals surface area (Å²) in [5.41, 5.74) is 3.80. The molecule has 0 saturated carbocycles. The molecule has 1 heterocycles. The van der Waals surface area contributed by atoms with Gasteiger partial charge >= 0.3 is 0 Å². The monoisotopic (exact) mass is 397 g/mol. The fourth-order valence-electron chi connectivity index (χ4n) is 3.39. The van der Waals surface area contributed by atoms with Gasteiger partial charge in [0.2, 0.25) is 5.91 Å². The number of para-hydroxylation sites is 3. The number of fused-ring (bicyclic) bond motifs is 1. The summed E-state index contributed by atoms with van der Waals surface area (Å²) in [7, 11) is 1.62. The maximum absolute atomic E-state index is 12.7. The lowest BCUT2D eigenvalue weighted by Gasteiger charge is -2.16. The Hall–Kier alpha value is -3.86. The van der Waals surface area contributed by atoms with E-state index in [1.807, 2.05) is 78.9 Å². The molecule has 0 bridgehead atoms. The largest absolute Gasteiger partial charge is 0.496 e. The van der Waals surface area contributed by atoms with E-state index in [1.165, 1.54) is 6.08 Å². The molecule has 5 nitrogen and oxygen atoms in total. The molecule has 0 aliphatic carbocycles. The summed E-state index contributed by atoms with van der Waals surface area (Å²) in [5.74, 6) is 1.26. The van der Waals surface area contributed by atoms with E-state index in [0.717, 1.165) is 33.7 Å². The van der Waals surface area contributed by atoms with Crippen molar-refractivity contribution < 1.29 is 9.53 Å². The van der Waals surface area contributed by atoms with Crippen LogP contribution in [-0.4, -0.2) is 23.0 Å². The number of methoxy groups -OCH3 is 1. The van der Waals surface area contributed by atoms with Crippen molar-refractivity contribution in [1.82, 2.24) is 15.3 Å². The highest BCUT2D eigenvalue weighted by atomic mass is 16.5. The molecule has 4 aromatic rings. The molecular formula is C25H23N3O2. The Balaban J connectivity index is 1.57. The van der Waals surface area contributed by atoms with Crippen molar-refractivity contribution in [2.45, 2.75) is 12.5 Å². The van der Waals surface area contributed by atoms with Crippen LogP contribution in [0.1, 0.15) is 23.0 Å². The van der Waals surface area contributed by atoms with Crippen molar-refractivity contribution in [1.29, 1.82) is 0 Å². The quantitative estimate of drug-likeness (QED) is 0.445. The van der Waals surface area contributed by atoms with Gasteiger partial charge in [0.15, 0.2) is 0 Å². The van der Waals surface area contributed by atoms with Gasteiger partial charge in [-0.3, -0.25) is 4.79 Å². The average molecular weight is 397 g/mol. The van der Waals surface area contributed by atoms with E-state index >= 15 is 0 Å². The smallest absolute Gasteiger partial charge is 0.244 e. The van der Waals surface area contributed by atoms with Gasteiger partial charge in [0, 0.05) is 11.6 Å². The van der Waals surface area contributed by atoms with Gasteiger partial charge in [0.1, 0.15) is 11.6 Å². The Morgan fingerprint density at radius 2 is 1.77 bits per heavy atom. The van der Waals surface area contributed by atoms with E-state index in [9.17, 15) is 4.79 Å². The summed E-state index contributed by atoms with van der Waals surface area (Å²) >= 11 is 0. The van der Waals surface area contributed by atoms with E-state index < -0.39 is 0 Å². The van der Waals surface area contributed by atoms with Crippen LogP contribution in [0.4, 0.5) is 0 Å². The zero-order valence-corrected chi connectivity index (χ0v) is 16.7. The number of carbonyl (C=O) groups excluding carboxylic acids is 1. The lowest BCUT2D eigenvalue weighted by molar-refractivity contribution is -0.117. The van der Waals surface area contributed by atoms with Crippen molar-refractivity contribution in [3.63, 3.8) is 0 Å². The number of carbonyl (C=O) groups is 1. The van der Waals surface area contributed by atoms with Crippen LogP contribution in [0.2, 0.25) is 0 Å². The third-order valence-corrected chi connectivity index (χ3v) is 4.89. The summed E-state index contributed by atoms with van der Waals surface area (Å²) in [4.78, 5) is 20.8. The Labute approximate surface area is 175 Å². The molecule has 5 heteroatoms. The van der Waals surface area contributed by atoms with Crippen LogP contribution in [-0.2, 0) is 11.2 Å². The molecule has 30 heavy (non-hydrogen) atoms. The van der Waals surface area contributed by atoms with Gasteiger partial charge in [0.05, 0.1) is 24.2 Å². The highest BCUT2D eigenvalue weighted by Crippen LogP contribution is 2.21. The van der Waals surface area contributed by atoms with E-state index in [-0.39, 0.29) is 11.9 Å². The van der Waals surface area contributed by atoms with Crippen LogP contribution >= 0.6 is 0 Å². The Morgan fingerprint density at radius 1 is 1.03 bits per heavy atom. The van der Waals surface area contributed by atoms with Crippen molar-refractivity contribution in [3.05, 3.63) is 102 Å². The number of imidazole rings is 1. The second kappa shape index (κ2) is 9.09. The van der Waals surface area contributed by atoms with Crippen molar-refractivity contribution >= 4 is 23.0 Å². The first kappa shape index (κ1) is 19.5. The highest BCUT2D eigenvalue weighted by molar-refractivity contribution is 5.92. The molecule has 0 spiro atoms. The molecule has 1 unspecified atom stereocenters. The van der Waals surface area contributed by atoms with Gasteiger partial charge in [-0.1, -0.05) is 60.7 Å². The van der Waals surface area contributed by atoms with Crippen LogP contribution in [0, 0.1) is 0 Å². The predicted molar refractivity (Wildman–Crippen MR) is 119 cm³/mol. The van der Waals surface area contributed by atoms with Crippen LogP contribution in [0.15, 0.2) is 84.9 Å². The van der Waals surface area contributed by atoms with Gasteiger partial charge in [-0.25, -0.2) is 4.98 Å². The summed E-state index contributed by atoms with van der Waals surface area (Å²) in [6.07, 6.45) is 3.92. The molecular weight excluding hydrogens is 374 g/mol. The third-order valence-electron chi connectivity index (χ3n) is 4.89. The van der Waals surface area contributed by atoms with Crippen molar-refractivity contribution in [2.24, 2.45) is 0 Å². The fraction of sp³-hybridized carbons (Fsp3) is 0.120. The molecule has 150 valence electrons. The molecule has 0 aliphatic rings. The molecule has 2 N–H and O–H groups in total. The first-order chi connectivity index (χ1) is 14.7. The number of hydrogen-bond acceptors (Lipinski definition) is 3. The molecule has 1 atom stereocenters. The molecule has 0 radical (unpaired) electrons. The van der Waals surface area contributed by atoms with Crippen molar-refractivity contribution in [3.8, 4) is 5.75 Å². The number of amides is 1. The fourth-order valence-corrected chi connectivity index (χ4v) is 3.39. The zero-order valence-electron chi connectivity index (χ0n) is 16.7. The standard InChI is InChI=1S/C25H23N3O2/c1-30-23-14-8-5-11-19(23)15-16-24(29)26-22(17-18-9-3-2-4-10-18)25-27-20-12-6-7-13-21(20)28-25/h2-16,22H,17H2,1H3,(H,26,29)(H,27,28)/b16-15+. The van der Waals surface area contributed by atoms with Gasteiger partial charge < -0.3 is 15.0 Å². The van der Waals surface area contributed by atoms with Gasteiger partial charge in [0.25, 0.3) is 0 Å². The predicted octanol–water partition coefficient (Wildman–Crippen LogP) is 4.68. The Morgan fingerprint density at radius 3 is 2.57 bits per heavy atom. The van der Waals surface area contributed by atoms with E-state index in [1.54, 1.807) is 13.2 Å². The van der Waals surface area contributed by atoms with E-state index in [2.05, 4.69) is 10.3 Å². The first-order valence-electron chi connectivity index (χ1n) is 9.83. The number of hydrogen-bond donors (Lipinski definition) is 2. The van der Waals surface area contributed by atoms with Crippen LogP contribution in [0.5, 0.6) is 5.75 Å². The minimum Gasteiger partial charge on any atom is -0.496 e. The van der Waals surface area contributed by atoms with E-state index in [0.29, 0.717) is 6.42 Å². The van der Waals surface area contributed by atoms with Gasteiger partial charge in [-0.05, 0) is 36.3 Å². The average Bonchev–Trinajstić information content (AvgIpc) is 3.22. The second-order valence-corrected chi connectivity index (χ2v) is 6.97. The number of H-pyrrole nitrogens is 1. The van der Waals surface area contributed by atoms with Gasteiger partial charge in [-0.15, -0.1) is 0 Å². The number of benzene rings is 3. The molecule has 4 rings (SSSR count). The second-order valence-electron chi connectivity index (χ2n) is 6.97. The highest BCUT2D eigenvalue weighted by Gasteiger charge is 2.18. The molecule has 1 amide bonds. The Bertz CT molecular complexity index is 1130. The molecule has 0 aliphatic heterocycles. The van der Waals surface area contributed by atoms with Crippen LogP contribution in [0.3, 0.4) is 0 Å². The summed E-state index contributed by atoms with van der Waals surface area (Å²) in [6, 6.07) is 25.2. The first-order valence-corrected chi connectivity index (χ1v) is 9.83. The third kappa shape index (κ3) is 4.58. The number of ether oxygens (including phenoxy) is 1. The maximum atomic E-state index is 12.7. The molecule has 1 aromatic heterocycles. The number of aromatic nitrogens is 2. The topological polar surface area (TPSA) is 67.0 Å². The maximum Gasteiger partial charge on any atom is 0.244 e. The van der Waals surface area contributed by atoms with Crippen LogP contribution < -0.4 is 10.1 Å². The minimum atomic E-state index is -0.283. The number of nitrogens with one attached hydrogen (secondary N) is 2. The molecule has 3 aromatic carbocycles. The number of aromatic amines is 1. The summed E-state index contributed by atoms with van der Waals surface area (Å²) in [5, 5.41) is 3.09. The number of nitrogens with zero attached hydrogens (tertiary/aromatic N) is 1. The zero-order chi connectivity index (χ0) is 20.8. The van der Waals surface area contributed by atoms with E-state index in [4.69, 9.17) is 9.72 Å². The normalized spacial score (nSPS) is 12.2. The SMILES string of the molecule is COc1ccccc1/C=C/C(=O)NC(Cc1ccccc1)c1nc2ccccc2[nH]1. The minimum absolute atomic E-state index is 0.192. The molecule has 0 saturated heterocycles. The lowest BCUT2D eigenvalue weighted by atomic mass is 10.1. The Kier molecular flexibility index (Phi) is 5.90. The summed E-state index contributed by atoms with van der Waals surface area (Å²) < 4.78 is 5.34. The summed E-state index contributed by atoms with van der Waals surface area (Å²) in [6.45, 7) is 0.